The summed E-state index contributed by atoms with van der Waals surface area (Å²) in [4.78, 5) is 2.30. The second-order valence-electron chi connectivity index (χ2n) is 4.80. The molecule has 2 N–H and O–H groups in total. The van der Waals surface area contributed by atoms with Crippen LogP contribution in [0.25, 0.3) is 0 Å². The van der Waals surface area contributed by atoms with Gasteiger partial charge in [0.25, 0.3) is 0 Å². The number of nitrogens with zero attached hydrogens (tertiary/aromatic N) is 1. The predicted octanol–water partition coefficient (Wildman–Crippen LogP) is 4.07. The van der Waals surface area contributed by atoms with Crippen molar-refractivity contribution in [3.8, 4) is 5.75 Å². The van der Waals surface area contributed by atoms with Gasteiger partial charge in [0, 0.05) is 24.8 Å². The Morgan fingerprint density at radius 1 is 1.05 bits per heavy atom. The first-order valence-electron chi connectivity index (χ1n) is 7.50. The van der Waals surface area contributed by atoms with Crippen molar-refractivity contribution in [2.75, 3.05) is 30.3 Å². The van der Waals surface area contributed by atoms with Gasteiger partial charge in [0.1, 0.15) is 5.75 Å². The van der Waals surface area contributed by atoms with E-state index in [9.17, 15) is 0 Å². The van der Waals surface area contributed by atoms with Gasteiger partial charge >= 0.3 is 0 Å². The highest BCUT2D eigenvalue weighted by atomic mass is 16.5. The first kappa shape index (κ1) is 15.7. The molecular formula is C16H28N2O. The van der Waals surface area contributed by atoms with Crippen molar-refractivity contribution in [3.63, 3.8) is 0 Å². The molecule has 0 aliphatic rings. The maximum Gasteiger partial charge on any atom is 0.144 e. The predicted molar refractivity (Wildman–Crippen MR) is 84.1 cm³/mol. The second-order valence-corrected chi connectivity index (χ2v) is 4.80. The van der Waals surface area contributed by atoms with Crippen LogP contribution in [0.5, 0.6) is 5.75 Å². The number of unbranched alkanes of at least 4 members (excludes halogenated alkanes) is 3. The molecule has 3 nitrogen and oxygen atoms in total. The summed E-state index contributed by atoms with van der Waals surface area (Å²) in [5.74, 6) is 0.820. The van der Waals surface area contributed by atoms with Gasteiger partial charge in [-0.1, -0.05) is 26.2 Å². The molecule has 19 heavy (non-hydrogen) atoms. The van der Waals surface area contributed by atoms with E-state index in [-0.39, 0.29) is 0 Å². The van der Waals surface area contributed by atoms with Gasteiger partial charge in [-0.3, -0.25) is 0 Å². The molecule has 108 valence electrons. The van der Waals surface area contributed by atoms with E-state index in [4.69, 9.17) is 10.5 Å². The zero-order chi connectivity index (χ0) is 14.1. The molecule has 0 atom stereocenters. The molecule has 0 aromatic heterocycles. The Labute approximate surface area is 117 Å². The summed E-state index contributed by atoms with van der Waals surface area (Å²) in [6, 6.07) is 6.06. The van der Waals surface area contributed by atoms with Gasteiger partial charge in [-0.05, 0) is 32.4 Å². The van der Waals surface area contributed by atoms with E-state index < -0.39 is 0 Å². The summed E-state index contributed by atoms with van der Waals surface area (Å²) in [6.07, 6.45) is 4.85. The average Bonchev–Trinajstić information content (AvgIpc) is 2.43. The molecule has 1 rings (SSSR count). The molecule has 0 amide bonds. The van der Waals surface area contributed by atoms with Gasteiger partial charge in [0.05, 0.1) is 12.3 Å². The van der Waals surface area contributed by atoms with Crippen molar-refractivity contribution in [2.24, 2.45) is 0 Å². The summed E-state index contributed by atoms with van der Waals surface area (Å²) in [6.45, 7) is 9.28. The molecule has 0 fully saturated rings. The van der Waals surface area contributed by atoms with Crippen LogP contribution in [0.1, 0.15) is 46.5 Å². The molecular weight excluding hydrogens is 236 g/mol. The van der Waals surface area contributed by atoms with E-state index in [0.717, 1.165) is 37.6 Å². The van der Waals surface area contributed by atoms with Gasteiger partial charge in [0.2, 0.25) is 0 Å². The summed E-state index contributed by atoms with van der Waals surface area (Å²) < 4.78 is 5.81. The number of hydrogen-bond acceptors (Lipinski definition) is 3. The van der Waals surface area contributed by atoms with Crippen LogP contribution < -0.4 is 15.4 Å². The van der Waals surface area contributed by atoms with Gasteiger partial charge < -0.3 is 15.4 Å². The molecule has 0 saturated heterocycles. The molecule has 0 aliphatic carbocycles. The molecule has 0 aliphatic heterocycles. The Bertz CT molecular complexity index is 362. The lowest BCUT2D eigenvalue weighted by molar-refractivity contribution is 0.306. The monoisotopic (exact) mass is 264 g/mol. The standard InChI is InChI=1S/C16H28N2O/c1-4-7-8-9-12-19-16-13-14(10-11-15(16)17)18(5-2)6-3/h10-11,13H,4-9,12,17H2,1-3H3. The van der Waals surface area contributed by atoms with Crippen LogP contribution in [0.2, 0.25) is 0 Å². The Morgan fingerprint density at radius 3 is 2.42 bits per heavy atom. The normalized spacial score (nSPS) is 10.5. The zero-order valence-electron chi connectivity index (χ0n) is 12.6. The molecule has 1 aromatic carbocycles. The third-order valence-corrected chi connectivity index (χ3v) is 3.38. The number of nitrogen functional groups attached to an aromatic ring is 1. The van der Waals surface area contributed by atoms with Crippen LogP contribution in [-0.2, 0) is 0 Å². The number of anilines is 2. The Kier molecular flexibility index (Phi) is 7.16. The van der Waals surface area contributed by atoms with Crippen molar-refractivity contribution in [2.45, 2.75) is 46.5 Å². The number of rotatable bonds is 9. The lowest BCUT2D eigenvalue weighted by atomic mass is 10.2. The SMILES string of the molecule is CCCCCCOc1cc(N(CC)CC)ccc1N. The fourth-order valence-electron chi connectivity index (χ4n) is 2.14. The summed E-state index contributed by atoms with van der Waals surface area (Å²) >= 11 is 0. The maximum atomic E-state index is 5.97. The third kappa shape index (κ3) is 5.01. The fraction of sp³-hybridized carbons (Fsp3) is 0.625. The third-order valence-electron chi connectivity index (χ3n) is 3.38. The van der Waals surface area contributed by atoms with Crippen LogP contribution >= 0.6 is 0 Å². The van der Waals surface area contributed by atoms with E-state index in [1.165, 1.54) is 24.9 Å². The highest BCUT2D eigenvalue weighted by molar-refractivity contribution is 5.62. The fourth-order valence-corrected chi connectivity index (χ4v) is 2.14. The second kappa shape index (κ2) is 8.68. The van der Waals surface area contributed by atoms with E-state index in [1.807, 2.05) is 6.07 Å². The highest BCUT2D eigenvalue weighted by Crippen LogP contribution is 2.27. The Hall–Kier alpha value is -1.38. The molecule has 0 unspecified atom stereocenters. The minimum Gasteiger partial charge on any atom is -0.491 e. The number of benzene rings is 1. The summed E-state index contributed by atoms with van der Waals surface area (Å²) in [7, 11) is 0. The first-order valence-corrected chi connectivity index (χ1v) is 7.50. The largest absolute Gasteiger partial charge is 0.491 e. The molecule has 0 spiro atoms. The van der Waals surface area contributed by atoms with Gasteiger partial charge in [-0.15, -0.1) is 0 Å². The first-order chi connectivity index (χ1) is 9.22. The number of hydrogen-bond donors (Lipinski definition) is 1. The van der Waals surface area contributed by atoms with E-state index >= 15 is 0 Å². The van der Waals surface area contributed by atoms with Crippen molar-refractivity contribution in [1.82, 2.24) is 0 Å². The minimum atomic E-state index is 0.728. The Morgan fingerprint density at radius 2 is 1.79 bits per heavy atom. The molecule has 0 saturated carbocycles. The average molecular weight is 264 g/mol. The van der Waals surface area contributed by atoms with Crippen LogP contribution in [0, 0.1) is 0 Å². The topological polar surface area (TPSA) is 38.5 Å². The van der Waals surface area contributed by atoms with E-state index in [2.05, 4.69) is 37.8 Å². The molecule has 3 heteroatoms. The summed E-state index contributed by atoms with van der Waals surface area (Å²) in [5, 5.41) is 0. The smallest absolute Gasteiger partial charge is 0.144 e. The van der Waals surface area contributed by atoms with Crippen LogP contribution in [-0.4, -0.2) is 19.7 Å². The van der Waals surface area contributed by atoms with Crippen molar-refractivity contribution in [3.05, 3.63) is 18.2 Å². The van der Waals surface area contributed by atoms with E-state index in [0.29, 0.717) is 0 Å². The van der Waals surface area contributed by atoms with Crippen molar-refractivity contribution >= 4 is 11.4 Å². The van der Waals surface area contributed by atoms with Gasteiger partial charge in [-0.2, -0.15) is 0 Å². The van der Waals surface area contributed by atoms with E-state index in [1.54, 1.807) is 0 Å². The quantitative estimate of drug-likeness (QED) is 0.539. The van der Waals surface area contributed by atoms with Crippen LogP contribution in [0.15, 0.2) is 18.2 Å². The molecule has 0 radical (unpaired) electrons. The van der Waals surface area contributed by atoms with Gasteiger partial charge in [0.15, 0.2) is 0 Å². The Balaban J connectivity index is 2.59. The summed E-state index contributed by atoms with van der Waals surface area (Å²) in [5.41, 5.74) is 7.88. The van der Waals surface area contributed by atoms with Crippen molar-refractivity contribution < 1.29 is 4.74 Å². The number of ether oxygens (including phenoxy) is 1. The van der Waals surface area contributed by atoms with Crippen molar-refractivity contribution in [1.29, 1.82) is 0 Å². The minimum absolute atomic E-state index is 0.728. The van der Waals surface area contributed by atoms with Crippen LogP contribution in [0.4, 0.5) is 11.4 Å². The number of nitrogens with two attached hydrogens (primary N) is 1. The van der Waals surface area contributed by atoms with Crippen LogP contribution in [0.3, 0.4) is 0 Å². The maximum absolute atomic E-state index is 5.97. The molecule has 0 bridgehead atoms. The van der Waals surface area contributed by atoms with Gasteiger partial charge in [-0.25, -0.2) is 0 Å². The highest BCUT2D eigenvalue weighted by Gasteiger charge is 2.06. The lowest BCUT2D eigenvalue weighted by Gasteiger charge is -2.22. The lowest BCUT2D eigenvalue weighted by Crippen LogP contribution is -2.21. The zero-order valence-corrected chi connectivity index (χ0v) is 12.6. The molecule has 1 aromatic rings. The molecule has 0 heterocycles.